The standard InChI is InChI=1S/C15H9ClO2/c16-10-5-6-12-13(8-10)11-4-2-1-3-9(11)7-14(12)15(17)18/h1-8H,(H,17,18). The Morgan fingerprint density at radius 3 is 2.50 bits per heavy atom. The molecule has 3 rings (SSSR count). The van der Waals surface area contributed by atoms with Crippen LogP contribution in [0.2, 0.25) is 5.02 Å². The van der Waals surface area contributed by atoms with Gasteiger partial charge in [-0.1, -0.05) is 41.9 Å². The minimum atomic E-state index is -0.923. The molecule has 3 aromatic rings. The monoisotopic (exact) mass is 256 g/mol. The number of fused-ring (bicyclic) bond motifs is 3. The van der Waals surface area contributed by atoms with E-state index in [-0.39, 0.29) is 0 Å². The van der Waals surface area contributed by atoms with Crippen molar-refractivity contribution in [3.8, 4) is 0 Å². The number of aromatic carboxylic acids is 1. The summed E-state index contributed by atoms with van der Waals surface area (Å²) < 4.78 is 0. The van der Waals surface area contributed by atoms with Crippen LogP contribution in [0.15, 0.2) is 48.5 Å². The first-order chi connectivity index (χ1) is 8.66. The van der Waals surface area contributed by atoms with E-state index in [1.807, 2.05) is 30.3 Å². The Kier molecular flexibility index (Phi) is 2.46. The molecule has 2 nitrogen and oxygen atoms in total. The van der Waals surface area contributed by atoms with Crippen molar-refractivity contribution < 1.29 is 9.90 Å². The number of rotatable bonds is 1. The Hall–Kier alpha value is -2.06. The summed E-state index contributed by atoms with van der Waals surface area (Å²) in [6.07, 6.45) is 0. The predicted octanol–water partition coefficient (Wildman–Crippen LogP) is 4.34. The molecule has 0 spiro atoms. The molecule has 3 aromatic carbocycles. The molecule has 0 radical (unpaired) electrons. The summed E-state index contributed by atoms with van der Waals surface area (Å²) >= 11 is 6.00. The Balaban J connectivity index is 2.59. The molecular formula is C15H9ClO2. The summed E-state index contributed by atoms with van der Waals surface area (Å²) in [6.45, 7) is 0. The number of hydrogen-bond donors (Lipinski definition) is 1. The highest BCUT2D eigenvalue weighted by atomic mass is 35.5. The number of benzene rings is 3. The SMILES string of the molecule is O=C(O)c1cc2ccccc2c2cc(Cl)ccc12. The smallest absolute Gasteiger partial charge is 0.336 e. The second-order valence-corrected chi connectivity index (χ2v) is 4.58. The van der Waals surface area contributed by atoms with Gasteiger partial charge in [-0.3, -0.25) is 0 Å². The number of hydrogen-bond acceptors (Lipinski definition) is 1. The molecule has 1 N–H and O–H groups in total. The van der Waals surface area contributed by atoms with Crippen LogP contribution in [0.5, 0.6) is 0 Å². The van der Waals surface area contributed by atoms with E-state index in [9.17, 15) is 9.90 Å². The van der Waals surface area contributed by atoms with Crippen LogP contribution in [0.3, 0.4) is 0 Å². The van der Waals surface area contributed by atoms with E-state index >= 15 is 0 Å². The molecule has 0 saturated carbocycles. The van der Waals surface area contributed by atoms with Gasteiger partial charge in [-0.2, -0.15) is 0 Å². The first-order valence-corrected chi connectivity index (χ1v) is 5.89. The number of halogens is 1. The summed E-state index contributed by atoms with van der Waals surface area (Å²) in [5.41, 5.74) is 0.306. The van der Waals surface area contributed by atoms with Gasteiger partial charge in [-0.05, 0) is 39.7 Å². The van der Waals surface area contributed by atoms with Crippen molar-refractivity contribution in [3.63, 3.8) is 0 Å². The lowest BCUT2D eigenvalue weighted by Gasteiger charge is -2.08. The average molecular weight is 257 g/mol. The van der Waals surface area contributed by atoms with Crippen LogP contribution in [-0.2, 0) is 0 Å². The molecule has 0 fully saturated rings. The van der Waals surface area contributed by atoms with Gasteiger partial charge in [-0.15, -0.1) is 0 Å². The number of carboxylic acid groups (broad SMARTS) is 1. The molecule has 0 atom stereocenters. The van der Waals surface area contributed by atoms with Crippen molar-refractivity contribution in [2.24, 2.45) is 0 Å². The molecule has 0 aliphatic carbocycles. The Bertz CT molecular complexity index is 778. The van der Waals surface area contributed by atoms with Gasteiger partial charge in [0, 0.05) is 5.02 Å². The van der Waals surface area contributed by atoms with E-state index in [1.54, 1.807) is 18.2 Å². The molecule has 0 aliphatic heterocycles. The molecular weight excluding hydrogens is 248 g/mol. The lowest BCUT2D eigenvalue weighted by Crippen LogP contribution is -1.97. The number of carboxylic acids is 1. The van der Waals surface area contributed by atoms with Crippen LogP contribution < -0.4 is 0 Å². The molecule has 3 heteroatoms. The minimum Gasteiger partial charge on any atom is -0.478 e. The zero-order valence-electron chi connectivity index (χ0n) is 9.35. The zero-order chi connectivity index (χ0) is 12.7. The van der Waals surface area contributed by atoms with Gasteiger partial charge in [-0.25, -0.2) is 4.79 Å². The predicted molar refractivity (Wildman–Crippen MR) is 73.4 cm³/mol. The van der Waals surface area contributed by atoms with Gasteiger partial charge in [0.1, 0.15) is 0 Å². The topological polar surface area (TPSA) is 37.3 Å². The van der Waals surface area contributed by atoms with E-state index in [0.29, 0.717) is 16.0 Å². The third kappa shape index (κ3) is 1.62. The van der Waals surface area contributed by atoms with Crippen molar-refractivity contribution in [3.05, 3.63) is 59.1 Å². The van der Waals surface area contributed by atoms with Crippen LogP contribution in [0.1, 0.15) is 10.4 Å². The molecule has 0 saturated heterocycles. The van der Waals surface area contributed by atoms with Crippen molar-refractivity contribution >= 4 is 39.1 Å². The van der Waals surface area contributed by atoms with E-state index < -0.39 is 5.97 Å². The van der Waals surface area contributed by atoms with Crippen molar-refractivity contribution in [2.75, 3.05) is 0 Å². The van der Waals surface area contributed by atoms with Crippen molar-refractivity contribution in [2.45, 2.75) is 0 Å². The minimum absolute atomic E-state index is 0.306. The highest BCUT2D eigenvalue weighted by molar-refractivity contribution is 6.32. The van der Waals surface area contributed by atoms with Crippen LogP contribution >= 0.6 is 11.6 Å². The first kappa shape index (κ1) is 11.1. The van der Waals surface area contributed by atoms with Crippen molar-refractivity contribution in [1.29, 1.82) is 0 Å². The molecule has 88 valence electrons. The molecule has 0 heterocycles. The largest absolute Gasteiger partial charge is 0.478 e. The highest BCUT2D eigenvalue weighted by Crippen LogP contribution is 2.30. The van der Waals surface area contributed by atoms with Gasteiger partial charge in [0.25, 0.3) is 0 Å². The summed E-state index contributed by atoms with van der Waals surface area (Å²) in [4.78, 5) is 11.3. The fourth-order valence-corrected chi connectivity index (χ4v) is 2.42. The maximum atomic E-state index is 11.3. The van der Waals surface area contributed by atoms with Gasteiger partial charge in [0.2, 0.25) is 0 Å². The van der Waals surface area contributed by atoms with Gasteiger partial charge in [0.15, 0.2) is 0 Å². The second-order valence-electron chi connectivity index (χ2n) is 4.14. The summed E-state index contributed by atoms with van der Waals surface area (Å²) in [7, 11) is 0. The first-order valence-electron chi connectivity index (χ1n) is 5.51. The van der Waals surface area contributed by atoms with E-state index in [0.717, 1.165) is 16.2 Å². The normalized spacial score (nSPS) is 10.9. The quantitative estimate of drug-likeness (QED) is 0.658. The molecule has 0 aromatic heterocycles. The van der Waals surface area contributed by atoms with E-state index in [2.05, 4.69) is 0 Å². The maximum Gasteiger partial charge on any atom is 0.336 e. The Morgan fingerprint density at radius 2 is 1.72 bits per heavy atom. The Morgan fingerprint density at radius 1 is 0.944 bits per heavy atom. The Labute approximate surface area is 108 Å². The van der Waals surface area contributed by atoms with Gasteiger partial charge >= 0.3 is 5.97 Å². The van der Waals surface area contributed by atoms with Crippen LogP contribution in [0, 0.1) is 0 Å². The third-order valence-electron chi connectivity index (χ3n) is 3.05. The third-order valence-corrected chi connectivity index (χ3v) is 3.29. The lowest BCUT2D eigenvalue weighted by atomic mass is 9.97. The van der Waals surface area contributed by atoms with Crippen molar-refractivity contribution in [1.82, 2.24) is 0 Å². The molecule has 0 bridgehead atoms. The summed E-state index contributed by atoms with van der Waals surface area (Å²) in [5, 5.41) is 13.4. The van der Waals surface area contributed by atoms with E-state index in [4.69, 9.17) is 11.6 Å². The molecule has 18 heavy (non-hydrogen) atoms. The van der Waals surface area contributed by atoms with E-state index in [1.165, 1.54) is 0 Å². The average Bonchev–Trinajstić information content (AvgIpc) is 2.37. The zero-order valence-corrected chi connectivity index (χ0v) is 10.1. The maximum absolute atomic E-state index is 11.3. The fraction of sp³-hybridized carbons (Fsp3) is 0. The molecule has 0 amide bonds. The molecule has 0 aliphatic rings. The number of carbonyl (C=O) groups is 1. The summed E-state index contributed by atoms with van der Waals surface area (Å²) in [6, 6.07) is 14.7. The second kappa shape index (κ2) is 4.00. The fourth-order valence-electron chi connectivity index (χ4n) is 2.25. The van der Waals surface area contributed by atoms with Crippen LogP contribution in [-0.4, -0.2) is 11.1 Å². The van der Waals surface area contributed by atoms with Gasteiger partial charge in [0.05, 0.1) is 5.56 Å². The van der Waals surface area contributed by atoms with Gasteiger partial charge < -0.3 is 5.11 Å². The lowest BCUT2D eigenvalue weighted by molar-refractivity contribution is 0.0699. The highest BCUT2D eigenvalue weighted by Gasteiger charge is 2.11. The van der Waals surface area contributed by atoms with Crippen LogP contribution in [0.25, 0.3) is 21.5 Å². The molecule has 0 unspecified atom stereocenters. The summed E-state index contributed by atoms with van der Waals surface area (Å²) in [5.74, 6) is -0.923. The van der Waals surface area contributed by atoms with Crippen LogP contribution in [0.4, 0.5) is 0 Å².